The lowest BCUT2D eigenvalue weighted by Gasteiger charge is -2.10. The summed E-state index contributed by atoms with van der Waals surface area (Å²) in [6, 6.07) is 27.6. The molecule has 0 bridgehead atoms. The highest BCUT2D eigenvalue weighted by Crippen LogP contribution is 2.30. The van der Waals surface area contributed by atoms with Gasteiger partial charge in [0.15, 0.2) is 11.0 Å². The van der Waals surface area contributed by atoms with Crippen LogP contribution in [-0.2, 0) is 5.75 Å². The molecule has 0 aliphatic carbocycles. The fraction of sp³-hybridized carbons (Fsp3) is 0.0833. The van der Waals surface area contributed by atoms with Crippen molar-refractivity contribution in [3.8, 4) is 34.2 Å². The number of benzene rings is 3. The van der Waals surface area contributed by atoms with Gasteiger partial charge in [0.25, 0.3) is 0 Å². The van der Waals surface area contributed by atoms with E-state index in [1.165, 1.54) is 11.8 Å². The fourth-order valence-corrected chi connectivity index (χ4v) is 4.03. The number of thioether (sulfide) groups is 1. The van der Waals surface area contributed by atoms with Crippen molar-refractivity contribution in [3.63, 3.8) is 0 Å². The molecule has 5 aromatic rings. The summed E-state index contributed by atoms with van der Waals surface area (Å²) >= 11 is 1.50. The number of hydrogen-bond acceptors (Lipinski definition) is 7. The second-order valence-electron chi connectivity index (χ2n) is 6.87. The Bertz CT molecular complexity index is 1300. The third-order valence-electron chi connectivity index (χ3n) is 4.82. The molecule has 0 atom stereocenters. The molecule has 0 aliphatic heterocycles. The number of rotatable bonds is 7. The fourth-order valence-electron chi connectivity index (χ4n) is 3.24. The van der Waals surface area contributed by atoms with Crippen molar-refractivity contribution in [3.05, 3.63) is 90.8 Å². The van der Waals surface area contributed by atoms with E-state index in [-0.39, 0.29) is 0 Å². The molecule has 5 rings (SSSR count). The van der Waals surface area contributed by atoms with E-state index < -0.39 is 0 Å². The molecule has 2 heterocycles. The summed E-state index contributed by atoms with van der Waals surface area (Å²) in [6.45, 7) is 0. The Morgan fingerprint density at radius 2 is 1.56 bits per heavy atom. The van der Waals surface area contributed by atoms with Crippen LogP contribution in [0.2, 0.25) is 0 Å². The highest BCUT2D eigenvalue weighted by atomic mass is 32.2. The molecule has 0 unspecified atom stereocenters. The van der Waals surface area contributed by atoms with Gasteiger partial charge in [-0.1, -0.05) is 65.4 Å². The van der Waals surface area contributed by atoms with Crippen LogP contribution in [0.1, 0.15) is 5.89 Å². The van der Waals surface area contributed by atoms with E-state index in [4.69, 9.17) is 9.26 Å². The van der Waals surface area contributed by atoms with Crippen molar-refractivity contribution in [1.29, 1.82) is 0 Å². The topological polar surface area (TPSA) is 78.9 Å². The first-order valence-corrected chi connectivity index (χ1v) is 11.0. The summed E-state index contributed by atoms with van der Waals surface area (Å²) in [7, 11) is 1.65. The SMILES string of the molecule is COc1ccc(-c2nnc(SCc3nc(-c4ccccc4)no3)n2-c2ccccc2)cc1. The Morgan fingerprint density at radius 1 is 0.844 bits per heavy atom. The van der Waals surface area contributed by atoms with E-state index >= 15 is 0 Å². The van der Waals surface area contributed by atoms with Gasteiger partial charge < -0.3 is 9.26 Å². The van der Waals surface area contributed by atoms with Crippen LogP contribution in [0.5, 0.6) is 5.75 Å². The lowest BCUT2D eigenvalue weighted by molar-refractivity contribution is 0.391. The van der Waals surface area contributed by atoms with Crippen LogP contribution < -0.4 is 4.74 Å². The smallest absolute Gasteiger partial charge is 0.237 e. The minimum Gasteiger partial charge on any atom is -0.497 e. The van der Waals surface area contributed by atoms with Gasteiger partial charge in [0.05, 0.1) is 12.9 Å². The Balaban J connectivity index is 1.44. The number of ether oxygens (including phenoxy) is 1. The minimum absolute atomic E-state index is 0.480. The lowest BCUT2D eigenvalue weighted by Crippen LogP contribution is -1.99. The van der Waals surface area contributed by atoms with E-state index in [1.807, 2.05) is 89.5 Å². The van der Waals surface area contributed by atoms with Gasteiger partial charge in [0, 0.05) is 16.8 Å². The van der Waals surface area contributed by atoms with Crippen LogP contribution in [0, 0.1) is 0 Å². The maximum Gasteiger partial charge on any atom is 0.237 e. The first-order chi connectivity index (χ1) is 15.8. The van der Waals surface area contributed by atoms with Gasteiger partial charge >= 0.3 is 0 Å². The molecular weight excluding hydrogens is 422 g/mol. The van der Waals surface area contributed by atoms with Gasteiger partial charge in [0.1, 0.15) is 5.75 Å². The van der Waals surface area contributed by atoms with E-state index in [9.17, 15) is 0 Å². The van der Waals surface area contributed by atoms with Gasteiger partial charge in [-0.15, -0.1) is 10.2 Å². The van der Waals surface area contributed by atoms with Gasteiger partial charge in [-0.05, 0) is 36.4 Å². The zero-order valence-corrected chi connectivity index (χ0v) is 18.1. The second kappa shape index (κ2) is 9.07. The first kappa shape index (κ1) is 20.0. The molecule has 0 spiro atoms. The largest absolute Gasteiger partial charge is 0.497 e. The summed E-state index contributed by atoms with van der Waals surface area (Å²) in [6.07, 6.45) is 0. The maximum atomic E-state index is 5.45. The Kier molecular flexibility index (Phi) is 5.67. The molecule has 0 saturated heterocycles. The lowest BCUT2D eigenvalue weighted by atomic mass is 10.2. The van der Waals surface area contributed by atoms with Gasteiger partial charge in [-0.25, -0.2) is 0 Å². The number of aromatic nitrogens is 5. The monoisotopic (exact) mass is 441 g/mol. The molecule has 2 aromatic heterocycles. The summed E-state index contributed by atoms with van der Waals surface area (Å²) in [4.78, 5) is 4.51. The van der Waals surface area contributed by atoms with Gasteiger partial charge in [-0.3, -0.25) is 4.57 Å². The van der Waals surface area contributed by atoms with Crippen molar-refractivity contribution in [2.75, 3.05) is 7.11 Å². The van der Waals surface area contributed by atoms with E-state index in [2.05, 4.69) is 20.3 Å². The summed E-state index contributed by atoms with van der Waals surface area (Å²) in [5.41, 5.74) is 2.83. The normalized spacial score (nSPS) is 10.9. The predicted octanol–water partition coefficient (Wildman–Crippen LogP) is 5.29. The van der Waals surface area contributed by atoms with Crippen molar-refractivity contribution in [1.82, 2.24) is 24.9 Å². The Morgan fingerprint density at radius 3 is 2.28 bits per heavy atom. The molecule has 7 nitrogen and oxygen atoms in total. The van der Waals surface area contributed by atoms with E-state index in [0.29, 0.717) is 17.5 Å². The molecule has 0 N–H and O–H groups in total. The van der Waals surface area contributed by atoms with Crippen molar-refractivity contribution < 1.29 is 9.26 Å². The molecule has 0 aliphatic rings. The Hall–Kier alpha value is -3.91. The maximum absolute atomic E-state index is 5.45. The standard InChI is InChI=1S/C24H19N5O2S/c1-30-20-14-12-18(13-15-20)23-26-27-24(29(23)19-10-6-3-7-11-19)32-16-21-25-22(28-31-21)17-8-4-2-5-9-17/h2-15H,16H2,1H3. The highest BCUT2D eigenvalue weighted by molar-refractivity contribution is 7.98. The summed E-state index contributed by atoms with van der Waals surface area (Å²) in [5.74, 6) is 3.12. The van der Waals surface area contributed by atoms with Crippen LogP contribution in [0.15, 0.2) is 94.6 Å². The van der Waals surface area contributed by atoms with Gasteiger partial charge in [0.2, 0.25) is 11.7 Å². The van der Waals surface area contributed by atoms with Crippen LogP contribution in [0.4, 0.5) is 0 Å². The number of nitrogens with zero attached hydrogens (tertiary/aromatic N) is 5. The molecular formula is C24H19N5O2S. The molecule has 32 heavy (non-hydrogen) atoms. The zero-order chi connectivity index (χ0) is 21.8. The van der Waals surface area contributed by atoms with Crippen molar-refractivity contribution in [2.24, 2.45) is 0 Å². The number of para-hydroxylation sites is 1. The highest BCUT2D eigenvalue weighted by Gasteiger charge is 2.18. The zero-order valence-electron chi connectivity index (χ0n) is 17.3. The molecule has 8 heteroatoms. The average molecular weight is 442 g/mol. The predicted molar refractivity (Wildman–Crippen MR) is 123 cm³/mol. The third-order valence-corrected chi connectivity index (χ3v) is 5.73. The van der Waals surface area contributed by atoms with Crippen molar-refractivity contribution in [2.45, 2.75) is 10.9 Å². The van der Waals surface area contributed by atoms with Crippen molar-refractivity contribution >= 4 is 11.8 Å². The first-order valence-electron chi connectivity index (χ1n) is 9.98. The molecule has 3 aromatic carbocycles. The molecule has 0 radical (unpaired) electrons. The summed E-state index contributed by atoms with van der Waals surface area (Å²) < 4.78 is 12.8. The van der Waals surface area contributed by atoms with Crippen LogP contribution >= 0.6 is 11.8 Å². The Labute approximate surface area is 189 Å². The van der Waals surface area contributed by atoms with Crippen LogP contribution in [0.3, 0.4) is 0 Å². The quantitative estimate of drug-likeness (QED) is 0.318. The number of methoxy groups -OCH3 is 1. The molecule has 158 valence electrons. The van der Waals surface area contributed by atoms with Crippen LogP contribution in [0.25, 0.3) is 28.5 Å². The molecule has 0 amide bonds. The second-order valence-corrected chi connectivity index (χ2v) is 7.81. The number of hydrogen-bond donors (Lipinski definition) is 0. The van der Waals surface area contributed by atoms with E-state index in [1.54, 1.807) is 7.11 Å². The van der Waals surface area contributed by atoms with E-state index in [0.717, 1.165) is 33.5 Å². The average Bonchev–Trinajstić information content (AvgIpc) is 3.51. The van der Waals surface area contributed by atoms with Crippen LogP contribution in [-0.4, -0.2) is 32.0 Å². The summed E-state index contributed by atoms with van der Waals surface area (Å²) in [5, 5.41) is 13.7. The third kappa shape index (κ3) is 4.13. The molecule has 0 fully saturated rings. The van der Waals surface area contributed by atoms with Gasteiger partial charge in [-0.2, -0.15) is 4.98 Å². The minimum atomic E-state index is 0.480. The molecule has 0 saturated carbocycles.